The molecule has 0 saturated carbocycles. The van der Waals surface area contributed by atoms with Gasteiger partial charge >= 0.3 is 0 Å². The number of halogens is 2. The molecule has 134 valence electrons. The van der Waals surface area contributed by atoms with Crippen LogP contribution in [0.4, 0.5) is 8.78 Å². The van der Waals surface area contributed by atoms with Crippen LogP contribution in [0.2, 0.25) is 0 Å². The third kappa shape index (κ3) is 4.51. The van der Waals surface area contributed by atoms with Gasteiger partial charge in [-0.2, -0.15) is 0 Å². The molecule has 0 aromatic carbocycles. The van der Waals surface area contributed by atoms with Crippen molar-refractivity contribution in [2.75, 3.05) is 20.8 Å². The second-order valence-corrected chi connectivity index (χ2v) is 6.69. The number of amidine groups is 1. The van der Waals surface area contributed by atoms with Gasteiger partial charge in [0.1, 0.15) is 12.8 Å². The molecule has 1 rings (SSSR count). The minimum atomic E-state index is -1.02. The lowest BCUT2D eigenvalue weighted by molar-refractivity contribution is 0.149. The number of hydrogen-bond acceptors (Lipinski definition) is 4. The maximum Gasteiger partial charge on any atom is 0.143 e. The Morgan fingerprint density at radius 2 is 2.17 bits per heavy atom. The lowest BCUT2D eigenvalue weighted by Crippen LogP contribution is -2.55. The average Bonchev–Trinajstić information content (AvgIpc) is 2.54. The monoisotopic (exact) mass is 330 g/mol. The molecule has 23 heavy (non-hydrogen) atoms. The third-order valence-electron chi connectivity index (χ3n) is 5.13. The summed E-state index contributed by atoms with van der Waals surface area (Å²) in [5, 5.41) is 3.10. The number of nitrogens with zero attached hydrogens (tertiary/aromatic N) is 2. The van der Waals surface area contributed by atoms with Crippen LogP contribution < -0.4 is 11.1 Å². The van der Waals surface area contributed by atoms with Crippen molar-refractivity contribution in [2.45, 2.75) is 70.4 Å². The fourth-order valence-electron chi connectivity index (χ4n) is 3.00. The lowest BCUT2D eigenvalue weighted by Gasteiger charge is -2.39. The van der Waals surface area contributed by atoms with Crippen LogP contribution >= 0.6 is 0 Å². The van der Waals surface area contributed by atoms with E-state index in [-0.39, 0.29) is 12.1 Å². The van der Waals surface area contributed by atoms with Gasteiger partial charge in [0.2, 0.25) is 0 Å². The number of hydrogen-bond donors (Lipinski definition) is 2. The Morgan fingerprint density at radius 3 is 2.65 bits per heavy atom. The first kappa shape index (κ1) is 20.0. The van der Waals surface area contributed by atoms with Gasteiger partial charge in [0.05, 0.1) is 29.5 Å². The van der Waals surface area contributed by atoms with Gasteiger partial charge in [0.25, 0.3) is 0 Å². The van der Waals surface area contributed by atoms with Crippen molar-refractivity contribution in [3.05, 3.63) is 11.6 Å². The van der Waals surface area contributed by atoms with Gasteiger partial charge in [-0.05, 0) is 40.7 Å². The van der Waals surface area contributed by atoms with Gasteiger partial charge in [-0.15, -0.1) is 0 Å². The molecule has 1 aliphatic heterocycles. The summed E-state index contributed by atoms with van der Waals surface area (Å²) in [6, 6.07) is -1.23. The van der Waals surface area contributed by atoms with Crippen LogP contribution in [-0.4, -0.2) is 61.3 Å². The van der Waals surface area contributed by atoms with Crippen LogP contribution in [0, 0.1) is 0 Å². The number of alkyl halides is 2. The van der Waals surface area contributed by atoms with Crippen molar-refractivity contribution < 1.29 is 8.78 Å². The van der Waals surface area contributed by atoms with Crippen LogP contribution in [0.15, 0.2) is 16.6 Å². The van der Waals surface area contributed by atoms with E-state index in [9.17, 15) is 8.78 Å². The summed E-state index contributed by atoms with van der Waals surface area (Å²) in [6.45, 7) is 7.01. The van der Waals surface area contributed by atoms with Gasteiger partial charge in [0.15, 0.2) is 0 Å². The first-order valence-electron chi connectivity index (χ1n) is 8.32. The van der Waals surface area contributed by atoms with E-state index in [1.807, 2.05) is 38.8 Å². The van der Waals surface area contributed by atoms with Gasteiger partial charge in [0, 0.05) is 7.05 Å². The van der Waals surface area contributed by atoms with Crippen LogP contribution in [0.5, 0.6) is 0 Å². The highest BCUT2D eigenvalue weighted by Crippen LogP contribution is 2.27. The standard InChI is InChI=1S/C17H32F2N4/c1-7-13(9-17(4,21-5)15(20)10-18)8-14-16(19)11(2)22-12(3)23(14)6/h9,11,14-16,21H,7-8,10,20H2,1-6H3/b13-9+/t11-,14+,15?,16+,17-/m1/s1. The van der Waals surface area contributed by atoms with E-state index in [1.54, 1.807) is 14.0 Å². The fraction of sp³-hybridized carbons (Fsp3) is 0.824. The zero-order valence-corrected chi connectivity index (χ0v) is 15.2. The molecule has 1 aliphatic rings. The number of nitrogens with one attached hydrogen (secondary N) is 1. The summed E-state index contributed by atoms with van der Waals surface area (Å²) < 4.78 is 27.7. The summed E-state index contributed by atoms with van der Waals surface area (Å²) in [5.41, 5.74) is 6.34. The Balaban J connectivity index is 3.03. The normalized spacial score (nSPS) is 30.0. The summed E-state index contributed by atoms with van der Waals surface area (Å²) in [5.74, 6) is 0.851. The highest BCUT2D eigenvalue weighted by atomic mass is 19.1. The number of nitrogens with two attached hydrogens (primary N) is 1. The Kier molecular flexibility index (Phi) is 7.14. The molecule has 0 bridgehead atoms. The van der Waals surface area contributed by atoms with Crippen LogP contribution in [0.1, 0.15) is 40.5 Å². The van der Waals surface area contributed by atoms with Crippen molar-refractivity contribution in [3.8, 4) is 0 Å². The van der Waals surface area contributed by atoms with Crippen molar-refractivity contribution >= 4 is 5.84 Å². The molecular formula is C17H32F2N4. The van der Waals surface area contributed by atoms with Gasteiger partial charge < -0.3 is 16.0 Å². The first-order chi connectivity index (χ1) is 10.7. The minimum Gasteiger partial charge on any atom is -0.357 e. The second kappa shape index (κ2) is 8.20. The molecule has 0 saturated heterocycles. The molecule has 4 nitrogen and oxygen atoms in total. The predicted molar refractivity (Wildman–Crippen MR) is 93.4 cm³/mol. The van der Waals surface area contributed by atoms with E-state index in [1.165, 1.54) is 0 Å². The molecule has 1 heterocycles. The molecule has 0 fully saturated rings. The Morgan fingerprint density at radius 1 is 1.57 bits per heavy atom. The average molecular weight is 330 g/mol. The Bertz CT molecular complexity index is 452. The van der Waals surface area contributed by atoms with Crippen LogP contribution in [0.25, 0.3) is 0 Å². The first-order valence-corrected chi connectivity index (χ1v) is 8.32. The van der Waals surface area contributed by atoms with Crippen molar-refractivity contribution in [1.82, 2.24) is 10.2 Å². The van der Waals surface area contributed by atoms with Crippen LogP contribution in [-0.2, 0) is 0 Å². The zero-order chi connectivity index (χ0) is 17.8. The van der Waals surface area contributed by atoms with Crippen molar-refractivity contribution in [1.29, 1.82) is 0 Å². The smallest absolute Gasteiger partial charge is 0.143 e. The van der Waals surface area contributed by atoms with E-state index < -0.39 is 24.4 Å². The van der Waals surface area contributed by atoms with Crippen molar-refractivity contribution in [2.24, 2.45) is 10.7 Å². The second-order valence-electron chi connectivity index (χ2n) is 6.69. The summed E-state index contributed by atoms with van der Waals surface area (Å²) >= 11 is 0. The molecule has 0 radical (unpaired) electrons. The predicted octanol–water partition coefficient (Wildman–Crippen LogP) is 2.45. The SMILES string of the molecule is CC/C(=C\[C@@](C)(NC)C(N)CF)C[C@H]1[C@@H](F)[C@@H](C)N=C(C)N1C. The molecule has 5 atom stereocenters. The molecule has 0 aliphatic carbocycles. The van der Waals surface area contributed by atoms with E-state index in [0.29, 0.717) is 6.42 Å². The Labute approximate surface area is 139 Å². The number of rotatable bonds is 7. The lowest BCUT2D eigenvalue weighted by atomic mass is 9.87. The third-order valence-corrected chi connectivity index (χ3v) is 5.13. The molecule has 0 aromatic rings. The summed E-state index contributed by atoms with van der Waals surface area (Å²) in [7, 11) is 3.64. The maximum atomic E-state index is 14.6. The maximum absolute atomic E-state index is 14.6. The molecule has 3 N–H and O–H groups in total. The number of likely N-dealkylation sites (N-methyl/N-ethyl adjacent to an activating group) is 1. The van der Waals surface area contributed by atoms with Crippen molar-refractivity contribution in [3.63, 3.8) is 0 Å². The van der Waals surface area contributed by atoms with E-state index in [4.69, 9.17) is 5.73 Å². The van der Waals surface area contributed by atoms with Gasteiger partial charge in [-0.25, -0.2) is 8.78 Å². The zero-order valence-electron chi connectivity index (χ0n) is 15.2. The van der Waals surface area contributed by atoms with E-state index in [2.05, 4.69) is 10.3 Å². The highest BCUT2D eigenvalue weighted by molar-refractivity contribution is 5.80. The molecule has 6 heteroatoms. The highest BCUT2D eigenvalue weighted by Gasteiger charge is 2.35. The van der Waals surface area contributed by atoms with Crippen LogP contribution in [0.3, 0.4) is 0 Å². The largest absolute Gasteiger partial charge is 0.357 e. The Hall–Kier alpha value is -1.01. The topological polar surface area (TPSA) is 53.6 Å². The molecule has 0 spiro atoms. The van der Waals surface area contributed by atoms with E-state index in [0.717, 1.165) is 17.8 Å². The molecule has 0 amide bonds. The summed E-state index contributed by atoms with van der Waals surface area (Å²) in [4.78, 5) is 6.23. The van der Waals surface area contributed by atoms with Gasteiger partial charge in [-0.1, -0.05) is 18.6 Å². The molecule has 0 aromatic heterocycles. The quantitative estimate of drug-likeness (QED) is 0.705. The molecular weight excluding hydrogens is 298 g/mol. The fourth-order valence-corrected chi connectivity index (χ4v) is 3.00. The summed E-state index contributed by atoms with van der Waals surface area (Å²) in [6.07, 6.45) is 2.32. The van der Waals surface area contributed by atoms with Gasteiger partial charge in [-0.3, -0.25) is 4.99 Å². The molecule has 1 unspecified atom stereocenters. The number of aliphatic imine (C=N–C) groups is 1. The van der Waals surface area contributed by atoms with E-state index >= 15 is 0 Å². The minimum absolute atomic E-state index is 0.253.